The third kappa shape index (κ3) is 5.79. The Morgan fingerprint density at radius 3 is 2.69 bits per heavy atom. The number of primary amides is 1. The molecule has 1 saturated carbocycles. The maximum absolute atomic E-state index is 12.8. The van der Waals surface area contributed by atoms with Gasteiger partial charge in [-0.25, -0.2) is 0 Å². The second-order valence-corrected chi connectivity index (χ2v) is 9.06. The van der Waals surface area contributed by atoms with Crippen molar-refractivity contribution in [1.29, 1.82) is 0 Å². The van der Waals surface area contributed by atoms with E-state index in [1.54, 1.807) is 6.26 Å². The van der Waals surface area contributed by atoms with Gasteiger partial charge >= 0.3 is 0 Å². The number of carbonyl (C=O) groups is 2. The summed E-state index contributed by atoms with van der Waals surface area (Å²) in [6.45, 7) is 2.48. The van der Waals surface area contributed by atoms with Crippen molar-refractivity contribution in [2.75, 3.05) is 5.75 Å². The normalized spacial score (nSPS) is 14.3. The molecule has 3 aromatic rings. The summed E-state index contributed by atoms with van der Waals surface area (Å²) in [6.07, 6.45) is 4.43. The van der Waals surface area contributed by atoms with Gasteiger partial charge in [0.1, 0.15) is 11.6 Å². The van der Waals surface area contributed by atoms with E-state index in [9.17, 15) is 9.59 Å². The Kier molecular flexibility index (Phi) is 6.94. The molecule has 4 rings (SSSR count). The van der Waals surface area contributed by atoms with E-state index >= 15 is 0 Å². The molecule has 32 heavy (non-hydrogen) atoms. The van der Waals surface area contributed by atoms with Gasteiger partial charge in [-0.05, 0) is 43.4 Å². The number of rotatable bonds is 11. The van der Waals surface area contributed by atoms with Crippen LogP contribution in [-0.2, 0) is 22.6 Å². The van der Waals surface area contributed by atoms with Gasteiger partial charge in [-0.1, -0.05) is 41.6 Å². The standard InChI is InChI=1S/C23H27N5O3S/c1-15-4-6-16(7-5-15)22(17-8-9-17)25-21(30)14-32-23-27-26-20(11-10-19(24)29)28(23)13-18-3-2-12-31-18/h2-7,12,17,22H,8-11,13-14H2,1H3,(H2,24,29)(H,25,30). The Morgan fingerprint density at radius 2 is 2.03 bits per heavy atom. The molecule has 9 heteroatoms. The highest BCUT2D eigenvalue weighted by molar-refractivity contribution is 7.99. The van der Waals surface area contributed by atoms with Gasteiger partial charge < -0.3 is 15.5 Å². The molecule has 1 aliphatic carbocycles. The van der Waals surface area contributed by atoms with E-state index < -0.39 is 5.91 Å². The molecule has 1 aromatic carbocycles. The molecule has 3 N–H and O–H groups in total. The van der Waals surface area contributed by atoms with Gasteiger partial charge in [-0.15, -0.1) is 10.2 Å². The zero-order valence-electron chi connectivity index (χ0n) is 18.0. The number of carbonyl (C=O) groups excluding carboxylic acids is 2. The van der Waals surface area contributed by atoms with Gasteiger partial charge in [0.05, 0.1) is 24.6 Å². The molecule has 1 aliphatic rings. The first-order valence-corrected chi connectivity index (χ1v) is 11.7. The summed E-state index contributed by atoms with van der Waals surface area (Å²) in [6, 6.07) is 12.1. The fourth-order valence-electron chi connectivity index (χ4n) is 3.58. The Hall–Kier alpha value is -3.07. The van der Waals surface area contributed by atoms with Gasteiger partial charge in [0.2, 0.25) is 11.8 Å². The number of benzene rings is 1. The third-order valence-electron chi connectivity index (χ3n) is 5.46. The van der Waals surface area contributed by atoms with Crippen LogP contribution >= 0.6 is 11.8 Å². The highest BCUT2D eigenvalue weighted by atomic mass is 32.2. The molecule has 0 spiro atoms. The smallest absolute Gasteiger partial charge is 0.230 e. The minimum Gasteiger partial charge on any atom is -0.467 e. The average Bonchev–Trinajstić information content (AvgIpc) is 3.35. The average molecular weight is 454 g/mol. The second-order valence-electron chi connectivity index (χ2n) is 8.11. The Morgan fingerprint density at radius 1 is 1.25 bits per heavy atom. The van der Waals surface area contributed by atoms with Gasteiger partial charge in [0.15, 0.2) is 5.16 Å². The van der Waals surface area contributed by atoms with Crippen LogP contribution in [-0.4, -0.2) is 32.3 Å². The van der Waals surface area contributed by atoms with Gasteiger partial charge in [-0.2, -0.15) is 0 Å². The van der Waals surface area contributed by atoms with Crippen molar-refractivity contribution in [3.05, 3.63) is 65.4 Å². The fraction of sp³-hybridized carbons (Fsp3) is 0.391. The van der Waals surface area contributed by atoms with E-state index in [4.69, 9.17) is 10.2 Å². The van der Waals surface area contributed by atoms with Crippen LogP contribution in [0, 0.1) is 12.8 Å². The van der Waals surface area contributed by atoms with Crippen LogP contribution in [0.3, 0.4) is 0 Å². The lowest BCUT2D eigenvalue weighted by Crippen LogP contribution is -2.31. The van der Waals surface area contributed by atoms with E-state index in [1.165, 1.54) is 17.3 Å². The summed E-state index contributed by atoms with van der Waals surface area (Å²) >= 11 is 1.32. The summed E-state index contributed by atoms with van der Waals surface area (Å²) < 4.78 is 7.33. The molecule has 1 atom stereocenters. The first-order chi connectivity index (χ1) is 15.5. The lowest BCUT2D eigenvalue weighted by molar-refractivity contribution is -0.119. The number of nitrogens with zero attached hydrogens (tertiary/aromatic N) is 3. The number of aryl methyl sites for hydroxylation is 2. The van der Waals surface area contributed by atoms with Crippen molar-refractivity contribution in [3.8, 4) is 0 Å². The largest absolute Gasteiger partial charge is 0.467 e. The second kappa shape index (κ2) is 10.0. The minimum absolute atomic E-state index is 0.0378. The number of nitrogens with two attached hydrogens (primary N) is 1. The van der Waals surface area contributed by atoms with Crippen molar-refractivity contribution >= 4 is 23.6 Å². The predicted molar refractivity (Wildman–Crippen MR) is 121 cm³/mol. The van der Waals surface area contributed by atoms with Crippen molar-refractivity contribution in [3.63, 3.8) is 0 Å². The Labute approximate surface area is 191 Å². The van der Waals surface area contributed by atoms with Crippen LogP contribution in [0.4, 0.5) is 0 Å². The lowest BCUT2D eigenvalue weighted by atomic mass is 10.0. The van der Waals surface area contributed by atoms with Gasteiger partial charge in [0.25, 0.3) is 0 Å². The summed E-state index contributed by atoms with van der Waals surface area (Å²) in [5, 5.41) is 12.3. The molecule has 8 nitrogen and oxygen atoms in total. The van der Waals surface area contributed by atoms with Gasteiger partial charge in [0, 0.05) is 12.8 Å². The van der Waals surface area contributed by atoms with E-state index in [0.29, 0.717) is 29.9 Å². The number of amides is 2. The van der Waals surface area contributed by atoms with E-state index in [1.807, 2.05) is 16.7 Å². The lowest BCUT2D eigenvalue weighted by Gasteiger charge is -2.19. The number of hydrogen-bond acceptors (Lipinski definition) is 6. The number of aromatic nitrogens is 3. The SMILES string of the molecule is Cc1ccc(C(NC(=O)CSc2nnc(CCC(N)=O)n2Cc2ccco2)C2CC2)cc1. The zero-order chi connectivity index (χ0) is 22.5. The maximum Gasteiger partial charge on any atom is 0.230 e. The monoisotopic (exact) mass is 453 g/mol. The molecule has 0 bridgehead atoms. The maximum atomic E-state index is 12.8. The molecular weight excluding hydrogens is 426 g/mol. The number of nitrogens with one attached hydrogen (secondary N) is 1. The molecule has 2 aromatic heterocycles. The molecule has 2 heterocycles. The zero-order valence-corrected chi connectivity index (χ0v) is 18.8. The topological polar surface area (TPSA) is 116 Å². The summed E-state index contributed by atoms with van der Waals surface area (Å²) in [5.74, 6) is 1.66. The Bertz CT molecular complexity index is 1060. The molecule has 0 radical (unpaired) electrons. The molecular formula is C23H27N5O3S. The third-order valence-corrected chi connectivity index (χ3v) is 6.43. The van der Waals surface area contributed by atoms with Crippen molar-refractivity contribution < 1.29 is 14.0 Å². The predicted octanol–water partition coefficient (Wildman–Crippen LogP) is 3.01. The van der Waals surface area contributed by atoms with Crippen molar-refractivity contribution in [2.45, 2.75) is 50.4 Å². The summed E-state index contributed by atoms with van der Waals surface area (Å²) in [5.41, 5.74) is 7.64. The first-order valence-electron chi connectivity index (χ1n) is 10.7. The number of hydrogen-bond donors (Lipinski definition) is 2. The molecule has 0 saturated heterocycles. The molecule has 1 fully saturated rings. The highest BCUT2D eigenvalue weighted by Crippen LogP contribution is 2.41. The summed E-state index contributed by atoms with van der Waals surface area (Å²) in [7, 11) is 0. The molecule has 2 amide bonds. The fourth-order valence-corrected chi connectivity index (χ4v) is 4.35. The van der Waals surface area contributed by atoms with Crippen LogP contribution in [0.2, 0.25) is 0 Å². The van der Waals surface area contributed by atoms with E-state index in [2.05, 4.69) is 46.7 Å². The quantitative estimate of drug-likeness (QED) is 0.431. The van der Waals surface area contributed by atoms with Crippen LogP contribution in [0.25, 0.3) is 0 Å². The van der Waals surface area contributed by atoms with Crippen LogP contribution in [0.15, 0.2) is 52.2 Å². The first kappa shape index (κ1) is 22.1. The molecule has 0 aliphatic heterocycles. The molecule has 168 valence electrons. The highest BCUT2D eigenvalue weighted by Gasteiger charge is 2.33. The van der Waals surface area contributed by atoms with Crippen molar-refractivity contribution in [2.24, 2.45) is 11.7 Å². The van der Waals surface area contributed by atoms with E-state index in [0.717, 1.165) is 24.2 Å². The van der Waals surface area contributed by atoms with Crippen molar-refractivity contribution in [1.82, 2.24) is 20.1 Å². The Balaban J connectivity index is 1.42. The van der Waals surface area contributed by atoms with Crippen LogP contribution in [0.5, 0.6) is 0 Å². The number of furan rings is 1. The number of thioether (sulfide) groups is 1. The van der Waals surface area contributed by atoms with Gasteiger partial charge in [-0.3, -0.25) is 14.2 Å². The molecule has 1 unspecified atom stereocenters. The van der Waals surface area contributed by atoms with Crippen LogP contribution in [0.1, 0.15) is 48.0 Å². The van der Waals surface area contributed by atoms with Crippen LogP contribution < -0.4 is 11.1 Å². The minimum atomic E-state index is -0.395. The van der Waals surface area contributed by atoms with E-state index in [-0.39, 0.29) is 24.1 Å². The summed E-state index contributed by atoms with van der Waals surface area (Å²) in [4.78, 5) is 24.0.